The van der Waals surface area contributed by atoms with Gasteiger partial charge in [0.1, 0.15) is 5.82 Å². The molecular weight excluding hydrogens is 674 g/mol. The number of rotatable bonds is 8. The van der Waals surface area contributed by atoms with Gasteiger partial charge in [0.2, 0.25) is 0 Å². The highest BCUT2D eigenvalue weighted by molar-refractivity contribution is 5.86. The summed E-state index contributed by atoms with van der Waals surface area (Å²) in [4.78, 5) is 14.3. The Kier molecular flexibility index (Phi) is 14.2. The van der Waals surface area contributed by atoms with Gasteiger partial charge < -0.3 is 4.90 Å². The lowest BCUT2D eigenvalue weighted by molar-refractivity contribution is 0.200. The van der Waals surface area contributed by atoms with Crippen molar-refractivity contribution in [3.8, 4) is 22.3 Å². The lowest BCUT2D eigenvalue weighted by atomic mass is 9.96. The van der Waals surface area contributed by atoms with Crippen molar-refractivity contribution in [2.45, 2.75) is 73.5 Å². The molecule has 0 spiro atoms. The Morgan fingerprint density at radius 1 is 0.612 bits per heavy atom. The minimum atomic E-state index is -0.209. The van der Waals surface area contributed by atoms with E-state index in [4.69, 9.17) is 0 Å². The molecule has 0 N–H and O–H groups in total. The third kappa shape index (κ3) is 9.40. The van der Waals surface area contributed by atoms with Crippen LogP contribution in [0.25, 0.3) is 22.3 Å². The molecule has 0 aliphatic carbocycles. The van der Waals surface area contributed by atoms with Crippen molar-refractivity contribution in [2.75, 3.05) is 18.0 Å². The number of piperidine rings is 1. The van der Waals surface area contributed by atoms with Crippen molar-refractivity contribution in [1.82, 2.24) is 14.9 Å². The van der Waals surface area contributed by atoms with E-state index in [1.54, 1.807) is 12.1 Å². The highest BCUT2D eigenvalue weighted by Crippen LogP contribution is 2.30. The molecule has 0 unspecified atom stereocenters. The van der Waals surface area contributed by atoms with Crippen molar-refractivity contribution in [1.29, 1.82) is 0 Å². The minimum absolute atomic E-state index is 0. The first-order valence-corrected chi connectivity index (χ1v) is 16.4. The fourth-order valence-electron chi connectivity index (χ4n) is 6.78. The Morgan fingerprint density at radius 2 is 1.06 bits per heavy atom. The fourth-order valence-corrected chi connectivity index (χ4v) is 6.78. The standard InChI is InChI=1S/C41H45FN4.3ClH/c1-27-15-35(16-28(2)31(27)5)37-19-33(21-43-23-37)25-45-13-11-41(12-14-45)46(40-9-7-39(42)8-10-40)26-34-20-38(24-44-22-34)36-17-29(3)32(6)30(4)18-36;;;/h7-10,15-24,41H,11-14,25-26H2,1-6H3;3*1H. The van der Waals surface area contributed by atoms with Gasteiger partial charge in [0.15, 0.2) is 0 Å². The normalized spacial score (nSPS) is 13.2. The van der Waals surface area contributed by atoms with Crippen LogP contribution in [-0.4, -0.2) is 34.0 Å². The molecule has 0 amide bonds. The summed E-state index contributed by atoms with van der Waals surface area (Å²) in [5.74, 6) is -0.209. The molecular formula is C41H48Cl3FN4. The predicted molar refractivity (Wildman–Crippen MR) is 210 cm³/mol. The number of aromatic nitrogens is 2. The molecule has 1 fully saturated rings. The average molecular weight is 722 g/mol. The molecule has 1 saturated heterocycles. The number of likely N-dealkylation sites (tertiary alicyclic amines) is 1. The SMILES string of the molecule is Cc1cc(-c2cncc(CN3CCC(N(Cc4cncc(-c5cc(C)c(C)c(C)c5)c4)c4ccc(F)cc4)CC3)c2)cc(C)c1C.Cl.Cl.Cl. The summed E-state index contributed by atoms with van der Waals surface area (Å²) in [6.07, 6.45) is 9.98. The van der Waals surface area contributed by atoms with Crippen LogP contribution in [0.15, 0.2) is 85.5 Å². The molecule has 5 aromatic rings. The maximum atomic E-state index is 14.0. The van der Waals surface area contributed by atoms with E-state index in [2.05, 4.69) is 97.7 Å². The Hall–Kier alpha value is -3.48. The first kappa shape index (κ1) is 40.0. The van der Waals surface area contributed by atoms with Crippen LogP contribution in [0.5, 0.6) is 0 Å². The van der Waals surface area contributed by atoms with Gasteiger partial charge in [-0.3, -0.25) is 14.9 Å². The largest absolute Gasteiger partial charge is 0.364 e. The molecule has 3 heterocycles. The van der Waals surface area contributed by atoms with E-state index in [1.165, 1.54) is 55.6 Å². The number of hydrogen-bond acceptors (Lipinski definition) is 4. The van der Waals surface area contributed by atoms with Gasteiger partial charge in [-0.25, -0.2) is 4.39 Å². The summed E-state index contributed by atoms with van der Waals surface area (Å²) >= 11 is 0. The molecule has 260 valence electrons. The average Bonchev–Trinajstić information content (AvgIpc) is 3.06. The van der Waals surface area contributed by atoms with Crippen LogP contribution in [0.3, 0.4) is 0 Å². The Labute approximate surface area is 310 Å². The number of halogens is 4. The van der Waals surface area contributed by atoms with Gasteiger partial charge in [0.05, 0.1) is 0 Å². The molecule has 1 aliphatic rings. The minimum Gasteiger partial charge on any atom is -0.364 e. The third-order valence-corrected chi connectivity index (χ3v) is 10.0. The lowest BCUT2D eigenvalue weighted by Gasteiger charge is -2.40. The second-order valence-electron chi connectivity index (χ2n) is 13.2. The zero-order chi connectivity index (χ0) is 32.4. The van der Waals surface area contributed by atoms with Crippen LogP contribution in [0.4, 0.5) is 10.1 Å². The highest BCUT2D eigenvalue weighted by Gasteiger charge is 2.26. The van der Waals surface area contributed by atoms with Gasteiger partial charge in [0, 0.05) is 73.8 Å². The van der Waals surface area contributed by atoms with Crippen LogP contribution in [-0.2, 0) is 13.1 Å². The molecule has 0 atom stereocenters. The van der Waals surface area contributed by atoms with Gasteiger partial charge in [-0.15, -0.1) is 37.2 Å². The van der Waals surface area contributed by atoms with Gasteiger partial charge in [0.25, 0.3) is 0 Å². The van der Waals surface area contributed by atoms with Crippen molar-refractivity contribution in [3.63, 3.8) is 0 Å². The lowest BCUT2D eigenvalue weighted by Crippen LogP contribution is -2.44. The number of pyridine rings is 2. The van der Waals surface area contributed by atoms with Gasteiger partial charge in [-0.05, 0) is 146 Å². The second kappa shape index (κ2) is 17.4. The molecule has 0 radical (unpaired) electrons. The van der Waals surface area contributed by atoms with E-state index in [1.807, 2.05) is 36.9 Å². The quantitative estimate of drug-likeness (QED) is 0.160. The predicted octanol–water partition coefficient (Wildman–Crippen LogP) is 10.7. The van der Waals surface area contributed by atoms with Crippen LogP contribution < -0.4 is 4.90 Å². The Bertz CT molecular complexity index is 1810. The van der Waals surface area contributed by atoms with Crippen molar-refractivity contribution in [3.05, 3.63) is 136 Å². The Morgan fingerprint density at radius 3 is 1.55 bits per heavy atom. The summed E-state index contributed by atoms with van der Waals surface area (Å²) in [6, 6.07) is 20.9. The summed E-state index contributed by atoms with van der Waals surface area (Å²) in [7, 11) is 0. The van der Waals surface area contributed by atoms with E-state index in [-0.39, 0.29) is 43.0 Å². The van der Waals surface area contributed by atoms with E-state index in [0.717, 1.165) is 55.8 Å². The van der Waals surface area contributed by atoms with Crippen LogP contribution in [0, 0.1) is 47.4 Å². The number of anilines is 1. The van der Waals surface area contributed by atoms with Gasteiger partial charge >= 0.3 is 0 Å². The zero-order valence-electron chi connectivity index (χ0n) is 29.3. The second-order valence-corrected chi connectivity index (χ2v) is 13.2. The summed E-state index contributed by atoms with van der Waals surface area (Å²) in [6.45, 7) is 16.7. The fraction of sp³-hybridized carbons (Fsp3) is 0.317. The van der Waals surface area contributed by atoms with E-state index < -0.39 is 0 Å². The smallest absolute Gasteiger partial charge is 0.123 e. The molecule has 4 nitrogen and oxygen atoms in total. The molecule has 0 saturated carbocycles. The molecule has 2 aromatic heterocycles. The molecule has 8 heteroatoms. The first-order valence-electron chi connectivity index (χ1n) is 16.4. The third-order valence-electron chi connectivity index (χ3n) is 10.0. The number of hydrogen-bond donors (Lipinski definition) is 0. The molecule has 1 aliphatic heterocycles. The van der Waals surface area contributed by atoms with Gasteiger partial charge in [-0.1, -0.05) is 24.3 Å². The number of aryl methyl sites for hydroxylation is 4. The van der Waals surface area contributed by atoms with E-state index in [0.29, 0.717) is 6.04 Å². The van der Waals surface area contributed by atoms with Crippen LogP contribution in [0.1, 0.15) is 57.3 Å². The maximum absolute atomic E-state index is 14.0. The molecule has 49 heavy (non-hydrogen) atoms. The molecule has 3 aromatic carbocycles. The number of nitrogens with zero attached hydrogens (tertiary/aromatic N) is 4. The maximum Gasteiger partial charge on any atom is 0.123 e. The first-order chi connectivity index (χ1) is 22.1. The highest BCUT2D eigenvalue weighted by atomic mass is 35.5. The van der Waals surface area contributed by atoms with E-state index in [9.17, 15) is 4.39 Å². The zero-order valence-corrected chi connectivity index (χ0v) is 31.7. The monoisotopic (exact) mass is 720 g/mol. The molecule has 0 bridgehead atoms. The summed E-state index contributed by atoms with van der Waals surface area (Å²) in [5, 5.41) is 0. The Balaban J connectivity index is 0.00000217. The summed E-state index contributed by atoms with van der Waals surface area (Å²) < 4.78 is 14.0. The van der Waals surface area contributed by atoms with E-state index >= 15 is 0 Å². The van der Waals surface area contributed by atoms with Crippen LogP contribution >= 0.6 is 37.2 Å². The molecule has 6 rings (SSSR count). The number of benzene rings is 3. The summed E-state index contributed by atoms with van der Waals surface area (Å²) in [5.41, 5.74) is 16.1. The van der Waals surface area contributed by atoms with Gasteiger partial charge in [-0.2, -0.15) is 0 Å². The van der Waals surface area contributed by atoms with Crippen molar-refractivity contribution in [2.24, 2.45) is 0 Å². The van der Waals surface area contributed by atoms with Crippen molar-refractivity contribution >= 4 is 42.9 Å². The van der Waals surface area contributed by atoms with Crippen molar-refractivity contribution < 1.29 is 4.39 Å². The topological polar surface area (TPSA) is 32.3 Å². The van der Waals surface area contributed by atoms with Crippen LogP contribution in [0.2, 0.25) is 0 Å².